The van der Waals surface area contributed by atoms with Gasteiger partial charge in [-0.05, 0) is 34.6 Å². The maximum absolute atomic E-state index is 3.57. The van der Waals surface area contributed by atoms with Crippen LogP contribution in [0.2, 0.25) is 0 Å². The van der Waals surface area contributed by atoms with Gasteiger partial charge < -0.3 is 0 Å². The first kappa shape index (κ1) is 14.4. The third kappa shape index (κ3) is 9.01. The molecule has 0 aromatic heterocycles. The van der Waals surface area contributed by atoms with Crippen LogP contribution in [0.1, 0.15) is 52.4 Å². The van der Waals surface area contributed by atoms with Gasteiger partial charge >= 0.3 is 0 Å². The summed E-state index contributed by atoms with van der Waals surface area (Å²) in [5, 5.41) is 0. The van der Waals surface area contributed by atoms with Gasteiger partial charge in [0.15, 0.2) is 0 Å². The molecule has 0 aliphatic carbocycles. The van der Waals surface area contributed by atoms with Crippen molar-refractivity contribution in [1.82, 2.24) is 0 Å². The third-order valence-electron chi connectivity index (χ3n) is 1.98. The molecule has 0 saturated heterocycles. The van der Waals surface area contributed by atoms with Crippen LogP contribution in [-0.2, 0) is 0 Å². The maximum atomic E-state index is 3.57. The van der Waals surface area contributed by atoms with Crippen LogP contribution in [0.4, 0.5) is 0 Å². The Labute approximate surface area is 105 Å². The summed E-state index contributed by atoms with van der Waals surface area (Å²) in [7, 11) is 0. The minimum absolute atomic E-state index is 1.15. The summed E-state index contributed by atoms with van der Waals surface area (Å²) in [4.78, 5) is 0. The second-order valence-electron chi connectivity index (χ2n) is 3.43. The zero-order chi connectivity index (χ0) is 10.8. The molecule has 0 rings (SSSR count). The second-order valence-corrected chi connectivity index (χ2v) is 5.47. The summed E-state index contributed by atoms with van der Waals surface area (Å²) >= 11 is 7.14. The predicted molar refractivity (Wildman–Crippen MR) is 73.1 cm³/mol. The highest BCUT2D eigenvalue weighted by Gasteiger charge is 1.92. The van der Waals surface area contributed by atoms with Crippen molar-refractivity contribution >= 4 is 31.9 Å². The second kappa shape index (κ2) is 9.97. The van der Waals surface area contributed by atoms with Gasteiger partial charge in [0.2, 0.25) is 0 Å². The lowest BCUT2D eigenvalue weighted by Gasteiger charge is -1.97. The summed E-state index contributed by atoms with van der Waals surface area (Å²) in [5.74, 6) is 0. The molecule has 0 fully saturated rings. The summed E-state index contributed by atoms with van der Waals surface area (Å²) in [5.41, 5.74) is 0. The third-order valence-corrected chi connectivity index (χ3v) is 3.31. The fourth-order valence-electron chi connectivity index (χ4n) is 1.04. The van der Waals surface area contributed by atoms with Crippen LogP contribution in [0.5, 0.6) is 0 Å². The van der Waals surface area contributed by atoms with Crippen LogP contribution in [0.15, 0.2) is 21.1 Å². The molecule has 0 aromatic rings. The molecular weight excluding hydrogens is 304 g/mol. The van der Waals surface area contributed by atoms with Crippen LogP contribution < -0.4 is 0 Å². The maximum Gasteiger partial charge on any atom is -0.00491 e. The molecule has 0 bridgehead atoms. The van der Waals surface area contributed by atoms with E-state index >= 15 is 0 Å². The Morgan fingerprint density at radius 2 is 1.21 bits per heavy atom. The molecule has 0 N–H and O–H groups in total. The molecule has 0 aliphatic heterocycles. The SMILES string of the molecule is CCCCC(Br)=CC=C(Br)CCCC. The molecule has 0 atom stereocenters. The first-order chi connectivity index (χ1) is 6.70. The van der Waals surface area contributed by atoms with Crippen LogP contribution in [0, 0.1) is 0 Å². The van der Waals surface area contributed by atoms with Crippen molar-refractivity contribution < 1.29 is 0 Å². The largest absolute Gasteiger partial charge is 0.0654 e. The number of unbranched alkanes of at least 4 members (excludes halogenated alkanes) is 2. The van der Waals surface area contributed by atoms with Gasteiger partial charge in [0, 0.05) is 0 Å². The van der Waals surface area contributed by atoms with Crippen LogP contribution >= 0.6 is 31.9 Å². The Morgan fingerprint density at radius 3 is 1.50 bits per heavy atom. The van der Waals surface area contributed by atoms with Gasteiger partial charge in [0.1, 0.15) is 0 Å². The van der Waals surface area contributed by atoms with Gasteiger partial charge in [-0.15, -0.1) is 0 Å². The average molecular weight is 324 g/mol. The minimum Gasteiger partial charge on any atom is -0.0654 e. The molecule has 0 unspecified atom stereocenters. The number of allylic oxidation sites excluding steroid dienone is 4. The van der Waals surface area contributed by atoms with E-state index in [1.807, 2.05) is 0 Å². The highest BCUT2D eigenvalue weighted by Crippen LogP contribution is 2.18. The van der Waals surface area contributed by atoms with Crippen molar-refractivity contribution in [3.05, 3.63) is 21.1 Å². The van der Waals surface area contributed by atoms with E-state index in [1.165, 1.54) is 34.6 Å². The van der Waals surface area contributed by atoms with Gasteiger partial charge in [0.05, 0.1) is 0 Å². The fraction of sp³-hybridized carbons (Fsp3) is 0.667. The van der Waals surface area contributed by atoms with Crippen LogP contribution in [0.25, 0.3) is 0 Å². The van der Waals surface area contributed by atoms with E-state index in [0.717, 1.165) is 12.8 Å². The van der Waals surface area contributed by atoms with E-state index in [4.69, 9.17) is 0 Å². The first-order valence-electron chi connectivity index (χ1n) is 5.41. The van der Waals surface area contributed by atoms with Gasteiger partial charge in [0.25, 0.3) is 0 Å². The van der Waals surface area contributed by atoms with E-state index in [9.17, 15) is 0 Å². The van der Waals surface area contributed by atoms with Crippen molar-refractivity contribution in [2.75, 3.05) is 0 Å². The molecule has 0 amide bonds. The smallest absolute Gasteiger partial charge is 0.00491 e. The van der Waals surface area contributed by atoms with Gasteiger partial charge in [-0.3, -0.25) is 0 Å². The quantitative estimate of drug-likeness (QED) is 0.510. The molecule has 14 heavy (non-hydrogen) atoms. The number of hydrogen-bond acceptors (Lipinski definition) is 0. The first-order valence-corrected chi connectivity index (χ1v) is 7.00. The fourth-order valence-corrected chi connectivity index (χ4v) is 1.86. The minimum atomic E-state index is 1.15. The van der Waals surface area contributed by atoms with Crippen molar-refractivity contribution in [3.8, 4) is 0 Å². The van der Waals surface area contributed by atoms with Crippen molar-refractivity contribution in [3.63, 3.8) is 0 Å². The van der Waals surface area contributed by atoms with Crippen molar-refractivity contribution in [2.45, 2.75) is 52.4 Å². The van der Waals surface area contributed by atoms with E-state index in [-0.39, 0.29) is 0 Å². The van der Waals surface area contributed by atoms with Gasteiger partial charge in [-0.2, -0.15) is 0 Å². The zero-order valence-corrected chi connectivity index (χ0v) is 12.3. The van der Waals surface area contributed by atoms with Gasteiger partial charge in [-0.1, -0.05) is 70.7 Å². The Hall–Kier alpha value is 0.440. The van der Waals surface area contributed by atoms with E-state index in [0.29, 0.717) is 0 Å². The molecule has 0 saturated carbocycles. The predicted octanol–water partition coefficient (Wildman–Crippen LogP) is 5.92. The van der Waals surface area contributed by atoms with Crippen LogP contribution in [0.3, 0.4) is 0 Å². The molecule has 0 aliphatic rings. The van der Waals surface area contributed by atoms with E-state index < -0.39 is 0 Å². The summed E-state index contributed by atoms with van der Waals surface area (Å²) in [6.07, 6.45) is 11.7. The molecule has 0 heterocycles. The molecule has 2 heteroatoms. The molecule has 0 nitrogen and oxygen atoms in total. The standard InChI is InChI=1S/C12H20Br2/c1-3-5-7-11(13)9-10-12(14)8-6-4-2/h9-10H,3-8H2,1-2H3. The Kier molecular flexibility index (Phi) is 10.3. The summed E-state index contributed by atoms with van der Waals surface area (Å²) in [6, 6.07) is 0. The summed E-state index contributed by atoms with van der Waals surface area (Å²) in [6.45, 7) is 4.43. The lowest BCUT2D eigenvalue weighted by Crippen LogP contribution is -1.75. The average Bonchev–Trinajstić information content (AvgIpc) is 2.20. The monoisotopic (exact) mass is 322 g/mol. The summed E-state index contributed by atoms with van der Waals surface area (Å²) < 4.78 is 2.60. The lowest BCUT2D eigenvalue weighted by molar-refractivity contribution is 0.807. The zero-order valence-electron chi connectivity index (χ0n) is 9.15. The highest BCUT2D eigenvalue weighted by atomic mass is 79.9. The van der Waals surface area contributed by atoms with Crippen molar-refractivity contribution in [2.24, 2.45) is 0 Å². The topological polar surface area (TPSA) is 0 Å². The molecular formula is C12H20Br2. The molecule has 0 aromatic carbocycles. The molecule has 0 radical (unpaired) electrons. The normalized spacial score (nSPS) is 13.4. The van der Waals surface area contributed by atoms with Crippen molar-refractivity contribution in [1.29, 1.82) is 0 Å². The lowest BCUT2D eigenvalue weighted by atomic mass is 10.2. The van der Waals surface area contributed by atoms with E-state index in [2.05, 4.69) is 57.9 Å². The Morgan fingerprint density at radius 1 is 0.857 bits per heavy atom. The van der Waals surface area contributed by atoms with E-state index in [1.54, 1.807) is 0 Å². The number of rotatable bonds is 7. The van der Waals surface area contributed by atoms with Gasteiger partial charge in [-0.25, -0.2) is 0 Å². The molecule has 82 valence electrons. The van der Waals surface area contributed by atoms with Crippen LogP contribution in [-0.4, -0.2) is 0 Å². The number of hydrogen-bond donors (Lipinski definition) is 0. The highest BCUT2D eigenvalue weighted by molar-refractivity contribution is 9.12. The Balaban J connectivity index is 3.84. The Bertz CT molecular complexity index is 170. The number of halogens is 2. The molecule has 0 spiro atoms.